The van der Waals surface area contributed by atoms with E-state index >= 15 is 0 Å². The van der Waals surface area contributed by atoms with Crippen LogP contribution in [-0.2, 0) is 21.0 Å². The van der Waals surface area contributed by atoms with Gasteiger partial charge in [0.2, 0.25) is 15.9 Å². The van der Waals surface area contributed by atoms with Gasteiger partial charge in [0, 0.05) is 19.6 Å². The van der Waals surface area contributed by atoms with Crippen molar-refractivity contribution < 1.29 is 26.4 Å². The lowest BCUT2D eigenvalue weighted by Gasteiger charge is -2.26. The van der Waals surface area contributed by atoms with Gasteiger partial charge in [0.25, 0.3) is 0 Å². The van der Waals surface area contributed by atoms with Crippen molar-refractivity contribution in [2.75, 3.05) is 32.7 Å². The van der Waals surface area contributed by atoms with E-state index in [-0.39, 0.29) is 24.6 Å². The fourth-order valence-electron chi connectivity index (χ4n) is 2.55. The molecular formula is C15H20F3N3O3S. The summed E-state index contributed by atoms with van der Waals surface area (Å²) < 4.78 is 65.4. The number of nitrogens with one attached hydrogen (secondary N) is 2. The fourth-order valence-corrected chi connectivity index (χ4v) is 3.65. The number of carbonyl (C=O) groups excluding carboxylic acids is 1. The molecule has 0 radical (unpaired) electrons. The Morgan fingerprint density at radius 2 is 2.04 bits per heavy atom. The molecule has 1 aromatic rings. The van der Waals surface area contributed by atoms with Crippen LogP contribution in [0.3, 0.4) is 0 Å². The van der Waals surface area contributed by atoms with E-state index < -0.39 is 26.7 Å². The molecule has 1 amide bonds. The first-order chi connectivity index (χ1) is 11.6. The molecule has 140 valence electrons. The maximum atomic E-state index is 12.9. The second-order valence-electron chi connectivity index (χ2n) is 5.85. The molecule has 0 aliphatic carbocycles. The summed E-state index contributed by atoms with van der Waals surface area (Å²) in [5, 5.41) is 2.69. The Balaban J connectivity index is 1.94. The minimum absolute atomic E-state index is 0.0326. The molecule has 2 N–H and O–H groups in total. The largest absolute Gasteiger partial charge is 0.416 e. The molecule has 0 unspecified atom stereocenters. The first-order valence-electron chi connectivity index (χ1n) is 7.76. The highest BCUT2D eigenvalue weighted by molar-refractivity contribution is 7.89. The number of hydrogen-bond donors (Lipinski definition) is 2. The van der Waals surface area contributed by atoms with Crippen LogP contribution in [-0.4, -0.2) is 51.9 Å². The van der Waals surface area contributed by atoms with Crippen LogP contribution in [0.5, 0.6) is 0 Å². The third kappa shape index (κ3) is 5.41. The van der Waals surface area contributed by atoms with Gasteiger partial charge in [0.15, 0.2) is 0 Å². The molecule has 1 aliphatic rings. The van der Waals surface area contributed by atoms with Crippen molar-refractivity contribution in [3.05, 3.63) is 29.3 Å². The first-order valence-corrected chi connectivity index (χ1v) is 9.24. The van der Waals surface area contributed by atoms with Gasteiger partial charge in [-0.15, -0.1) is 0 Å². The molecule has 1 aliphatic heterocycles. The number of aryl methyl sites for hydroxylation is 1. The van der Waals surface area contributed by atoms with Crippen LogP contribution in [0, 0.1) is 6.92 Å². The fraction of sp³-hybridized carbons (Fsp3) is 0.533. The Kier molecular flexibility index (Phi) is 6.07. The normalized spacial score (nSPS) is 16.7. The second-order valence-corrected chi connectivity index (χ2v) is 7.62. The molecule has 6 nitrogen and oxygen atoms in total. The van der Waals surface area contributed by atoms with Crippen molar-refractivity contribution in [3.63, 3.8) is 0 Å². The van der Waals surface area contributed by atoms with E-state index in [2.05, 4.69) is 10.0 Å². The molecule has 1 heterocycles. The van der Waals surface area contributed by atoms with Crippen LogP contribution in [0.25, 0.3) is 0 Å². The summed E-state index contributed by atoms with van der Waals surface area (Å²) in [4.78, 5) is 12.7. The van der Waals surface area contributed by atoms with Crippen LogP contribution in [0.1, 0.15) is 17.5 Å². The average molecular weight is 379 g/mol. The molecule has 0 saturated carbocycles. The number of amides is 1. The molecule has 0 aromatic heterocycles. The van der Waals surface area contributed by atoms with Crippen molar-refractivity contribution in [3.8, 4) is 0 Å². The maximum absolute atomic E-state index is 12.9. The summed E-state index contributed by atoms with van der Waals surface area (Å²) in [5.74, 6) is -0.0776. The topological polar surface area (TPSA) is 78.5 Å². The molecule has 1 aromatic carbocycles. The molecule has 0 atom stereocenters. The smallest absolute Gasteiger partial charge is 0.354 e. The van der Waals surface area contributed by atoms with Gasteiger partial charge >= 0.3 is 6.18 Å². The summed E-state index contributed by atoms with van der Waals surface area (Å²) in [7, 11) is -4.02. The Bertz CT molecular complexity index is 735. The van der Waals surface area contributed by atoms with E-state index in [9.17, 15) is 26.4 Å². The molecule has 1 saturated heterocycles. The summed E-state index contributed by atoms with van der Waals surface area (Å²) in [5.41, 5.74) is -0.996. The predicted octanol–water partition coefficient (Wildman–Crippen LogP) is 1.11. The number of alkyl halides is 3. The summed E-state index contributed by atoms with van der Waals surface area (Å²) >= 11 is 0. The number of piperazine rings is 1. The predicted molar refractivity (Wildman–Crippen MR) is 85.4 cm³/mol. The van der Waals surface area contributed by atoms with E-state index in [4.69, 9.17) is 0 Å². The lowest BCUT2D eigenvalue weighted by Crippen LogP contribution is -2.48. The van der Waals surface area contributed by atoms with Crippen LogP contribution in [0.15, 0.2) is 23.1 Å². The quantitative estimate of drug-likeness (QED) is 0.726. The highest BCUT2D eigenvalue weighted by Crippen LogP contribution is 2.33. The number of nitrogens with zero attached hydrogens (tertiary/aromatic N) is 1. The molecule has 1 fully saturated rings. The third-order valence-electron chi connectivity index (χ3n) is 3.89. The zero-order valence-corrected chi connectivity index (χ0v) is 14.5. The Labute approximate surface area is 144 Å². The van der Waals surface area contributed by atoms with E-state index in [1.807, 2.05) is 4.90 Å². The van der Waals surface area contributed by atoms with E-state index in [1.54, 1.807) is 0 Å². The average Bonchev–Trinajstić information content (AvgIpc) is 2.51. The number of benzene rings is 1. The molecule has 10 heteroatoms. The molecule has 0 bridgehead atoms. The van der Waals surface area contributed by atoms with Crippen molar-refractivity contribution in [1.29, 1.82) is 0 Å². The van der Waals surface area contributed by atoms with Crippen molar-refractivity contribution in [2.24, 2.45) is 0 Å². The Morgan fingerprint density at radius 1 is 1.32 bits per heavy atom. The van der Waals surface area contributed by atoms with Crippen molar-refractivity contribution >= 4 is 15.9 Å². The highest BCUT2D eigenvalue weighted by atomic mass is 32.2. The minimum Gasteiger partial charge on any atom is -0.354 e. The van der Waals surface area contributed by atoms with E-state index in [0.717, 1.165) is 12.1 Å². The third-order valence-corrected chi connectivity index (χ3v) is 5.34. The summed E-state index contributed by atoms with van der Waals surface area (Å²) in [6, 6.07) is 2.94. The van der Waals surface area contributed by atoms with E-state index in [1.165, 1.54) is 6.92 Å². The standard InChI is InChI=1S/C15H20F3N3O3S/c1-11-3-4-12(9-13(11)15(16,17)18)25(23,24)20-5-2-7-21-8-6-19-14(22)10-21/h3-4,9,20H,2,5-8,10H2,1H3,(H,19,22). The van der Waals surface area contributed by atoms with Gasteiger partial charge in [-0.05, 0) is 37.6 Å². The van der Waals surface area contributed by atoms with Gasteiger partial charge in [-0.1, -0.05) is 6.07 Å². The van der Waals surface area contributed by atoms with Crippen molar-refractivity contribution in [2.45, 2.75) is 24.4 Å². The van der Waals surface area contributed by atoms with Crippen LogP contribution >= 0.6 is 0 Å². The Hall–Kier alpha value is -1.65. The number of carbonyl (C=O) groups is 1. The van der Waals surface area contributed by atoms with Crippen LogP contribution < -0.4 is 10.0 Å². The summed E-state index contributed by atoms with van der Waals surface area (Å²) in [6.07, 6.45) is -4.16. The first kappa shape index (κ1) is 19.7. The van der Waals surface area contributed by atoms with Crippen LogP contribution in [0.2, 0.25) is 0 Å². The van der Waals surface area contributed by atoms with Crippen LogP contribution in [0.4, 0.5) is 13.2 Å². The van der Waals surface area contributed by atoms with Gasteiger partial charge in [-0.2, -0.15) is 13.2 Å². The van der Waals surface area contributed by atoms with E-state index in [0.29, 0.717) is 32.1 Å². The second kappa shape index (κ2) is 7.71. The number of rotatable bonds is 6. The van der Waals surface area contributed by atoms with Gasteiger partial charge < -0.3 is 5.32 Å². The highest BCUT2D eigenvalue weighted by Gasteiger charge is 2.33. The number of sulfonamides is 1. The maximum Gasteiger partial charge on any atom is 0.416 e. The Morgan fingerprint density at radius 3 is 2.68 bits per heavy atom. The number of halogens is 3. The van der Waals surface area contributed by atoms with Gasteiger partial charge in [-0.25, -0.2) is 13.1 Å². The molecular weight excluding hydrogens is 359 g/mol. The number of hydrogen-bond acceptors (Lipinski definition) is 4. The SMILES string of the molecule is Cc1ccc(S(=O)(=O)NCCCN2CCNC(=O)C2)cc1C(F)(F)F. The van der Waals surface area contributed by atoms with Gasteiger partial charge in [0.05, 0.1) is 17.0 Å². The molecule has 25 heavy (non-hydrogen) atoms. The summed E-state index contributed by atoms with van der Waals surface area (Å²) in [6.45, 7) is 3.38. The minimum atomic E-state index is -4.61. The lowest BCUT2D eigenvalue weighted by atomic mass is 10.1. The van der Waals surface area contributed by atoms with Gasteiger partial charge in [0.1, 0.15) is 0 Å². The molecule has 2 rings (SSSR count). The van der Waals surface area contributed by atoms with Crippen molar-refractivity contribution in [1.82, 2.24) is 14.9 Å². The van der Waals surface area contributed by atoms with Gasteiger partial charge in [-0.3, -0.25) is 9.69 Å². The monoisotopic (exact) mass is 379 g/mol. The zero-order chi connectivity index (χ0) is 18.7. The lowest BCUT2D eigenvalue weighted by molar-refractivity contribution is -0.138. The molecule has 0 spiro atoms. The zero-order valence-electron chi connectivity index (χ0n) is 13.7.